The Morgan fingerprint density at radius 3 is 2.73 bits per heavy atom. The van der Waals surface area contributed by atoms with Gasteiger partial charge in [-0.3, -0.25) is 0 Å². The molecule has 1 aromatic carbocycles. The number of rotatable bonds is 3. The van der Waals surface area contributed by atoms with Crippen molar-refractivity contribution in [1.29, 1.82) is 0 Å². The second-order valence-corrected chi connectivity index (χ2v) is 4.62. The minimum absolute atomic E-state index is 0.337. The molecule has 0 amide bonds. The molecule has 0 unspecified atom stereocenters. The van der Waals surface area contributed by atoms with E-state index in [2.05, 4.69) is 21.1 Å². The summed E-state index contributed by atoms with van der Waals surface area (Å²) < 4.78 is 1.05. The Hall–Kier alpha value is -0.830. The van der Waals surface area contributed by atoms with Crippen LogP contribution in [-0.2, 0) is 4.84 Å². The summed E-state index contributed by atoms with van der Waals surface area (Å²) in [5, 5.41) is 4.03. The fourth-order valence-electron chi connectivity index (χ4n) is 1.75. The lowest BCUT2D eigenvalue weighted by Gasteiger charge is -2.05. The molecule has 0 radical (unpaired) electrons. The van der Waals surface area contributed by atoms with Gasteiger partial charge in [0.1, 0.15) is 6.10 Å². The molecule has 0 heterocycles. The lowest BCUT2D eigenvalue weighted by Crippen LogP contribution is -2.02. The molecule has 1 aliphatic rings. The molecular weight excluding hydrogens is 254 g/mol. The predicted octanol–water partition coefficient (Wildman–Crippen LogP) is 3.74. The molecule has 1 aromatic rings. The van der Waals surface area contributed by atoms with E-state index in [1.165, 1.54) is 12.8 Å². The van der Waals surface area contributed by atoms with Gasteiger partial charge in [-0.25, -0.2) is 0 Å². The molecule has 0 N–H and O–H groups in total. The van der Waals surface area contributed by atoms with Gasteiger partial charge in [-0.05, 0) is 31.7 Å². The maximum absolute atomic E-state index is 5.41. The number of hydrogen-bond donors (Lipinski definition) is 0. The molecular formula is C12H14BrNO. The van der Waals surface area contributed by atoms with E-state index < -0.39 is 0 Å². The minimum Gasteiger partial charge on any atom is -0.393 e. The lowest BCUT2D eigenvalue weighted by atomic mass is 10.2. The van der Waals surface area contributed by atoms with Crippen molar-refractivity contribution in [2.75, 3.05) is 0 Å². The number of oxime groups is 1. The Kier molecular flexibility index (Phi) is 3.78. The Morgan fingerprint density at radius 2 is 2.00 bits per heavy atom. The van der Waals surface area contributed by atoms with Crippen LogP contribution in [0.3, 0.4) is 0 Å². The van der Waals surface area contributed by atoms with E-state index in [0.717, 1.165) is 22.9 Å². The van der Waals surface area contributed by atoms with E-state index in [0.29, 0.717) is 6.10 Å². The van der Waals surface area contributed by atoms with Crippen LogP contribution in [0.1, 0.15) is 31.2 Å². The van der Waals surface area contributed by atoms with Crippen molar-refractivity contribution < 1.29 is 4.84 Å². The SMILES string of the molecule is Brc1ccccc1C=NOC1CCCC1. The first-order chi connectivity index (χ1) is 7.36. The van der Waals surface area contributed by atoms with E-state index in [4.69, 9.17) is 4.84 Å². The van der Waals surface area contributed by atoms with Crippen molar-refractivity contribution in [3.8, 4) is 0 Å². The highest BCUT2D eigenvalue weighted by molar-refractivity contribution is 9.10. The van der Waals surface area contributed by atoms with Gasteiger partial charge in [0.2, 0.25) is 0 Å². The molecule has 1 saturated carbocycles. The van der Waals surface area contributed by atoms with Crippen LogP contribution in [0.5, 0.6) is 0 Å². The maximum atomic E-state index is 5.41. The molecule has 15 heavy (non-hydrogen) atoms. The summed E-state index contributed by atoms with van der Waals surface area (Å²) in [6, 6.07) is 7.98. The molecule has 80 valence electrons. The lowest BCUT2D eigenvalue weighted by molar-refractivity contribution is 0.0657. The second-order valence-electron chi connectivity index (χ2n) is 3.77. The third-order valence-electron chi connectivity index (χ3n) is 2.61. The monoisotopic (exact) mass is 267 g/mol. The van der Waals surface area contributed by atoms with Gasteiger partial charge in [0.15, 0.2) is 0 Å². The topological polar surface area (TPSA) is 21.6 Å². The van der Waals surface area contributed by atoms with Crippen LogP contribution in [0.2, 0.25) is 0 Å². The van der Waals surface area contributed by atoms with E-state index in [1.54, 1.807) is 6.21 Å². The molecule has 3 heteroatoms. The van der Waals surface area contributed by atoms with Crippen LogP contribution in [0.4, 0.5) is 0 Å². The van der Waals surface area contributed by atoms with Crippen molar-refractivity contribution in [3.63, 3.8) is 0 Å². The zero-order valence-electron chi connectivity index (χ0n) is 8.53. The van der Waals surface area contributed by atoms with E-state index in [1.807, 2.05) is 24.3 Å². The maximum Gasteiger partial charge on any atom is 0.127 e. The zero-order chi connectivity index (χ0) is 10.5. The summed E-state index contributed by atoms with van der Waals surface area (Å²) in [6.45, 7) is 0. The Morgan fingerprint density at radius 1 is 1.27 bits per heavy atom. The number of hydrogen-bond acceptors (Lipinski definition) is 2. The van der Waals surface area contributed by atoms with Gasteiger partial charge >= 0.3 is 0 Å². The summed E-state index contributed by atoms with van der Waals surface area (Å²) in [5.74, 6) is 0. The molecule has 0 saturated heterocycles. The Bertz CT molecular complexity index is 345. The molecule has 2 rings (SSSR count). The van der Waals surface area contributed by atoms with Crippen molar-refractivity contribution in [2.45, 2.75) is 31.8 Å². The normalized spacial score (nSPS) is 17.4. The fourth-order valence-corrected chi connectivity index (χ4v) is 2.13. The van der Waals surface area contributed by atoms with Crippen LogP contribution in [0.15, 0.2) is 33.9 Å². The van der Waals surface area contributed by atoms with Gasteiger partial charge in [-0.2, -0.15) is 0 Å². The molecule has 0 bridgehead atoms. The highest BCUT2D eigenvalue weighted by Gasteiger charge is 2.15. The first kappa shape index (κ1) is 10.7. The first-order valence-corrected chi connectivity index (χ1v) is 6.09. The third-order valence-corrected chi connectivity index (χ3v) is 3.33. The molecule has 0 spiro atoms. The molecule has 0 aromatic heterocycles. The van der Waals surface area contributed by atoms with Crippen LogP contribution in [-0.4, -0.2) is 12.3 Å². The number of nitrogens with zero attached hydrogens (tertiary/aromatic N) is 1. The van der Waals surface area contributed by atoms with Crippen molar-refractivity contribution in [3.05, 3.63) is 34.3 Å². The van der Waals surface area contributed by atoms with Gasteiger partial charge in [0, 0.05) is 10.0 Å². The van der Waals surface area contributed by atoms with Gasteiger partial charge in [-0.1, -0.05) is 39.3 Å². The first-order valence-electron chi connectivity index (χ1n) is 5.30. The quantitative estimate of drug-likeness (QED) is 0.604. The fraction of sp³-hybridized carbons (Fsp3) is 0.417. The smallest absolute Gasteiger partial charge is 0.127 e. The van der Waals surface area contributed by atoms with E-state index in [-0.39, 0.29) is 0 Å². The van der Waals surface area contributed by atoms with Gasteiger partial charge in [-0.15, -0.1) is 0 Å². The van der Waals surface area contributed by atoms with E-state index in [9.17, 15) is 0 Å². The van der Waals surface area contributed by atoms with Gasteiger partial charge in [0.05, 0.1) is 6.21 Å². The summed E-state index contributed by atoms with van der Waals surface area (Å²) in [7, 11) is 0. The zero-order valence-corrected chi connectivity index (χ0v) is 10.1. The molecule has 1 fully saturated rings. The van der Waals surface area contributed by atoms with Crippen LogP contribution >= 0.6 is 15.9 Å². The van der Waals surface area contributed by atoms with Crippen LogP contribution < -0.4 is 0 Å². The third kappa shape index (κ3) is 3.06. The average molecular weight is 268 g/mol. The highest BCUT2D eigenvalue weighted by Crippen LogP contribution is 2.21. The number of benzene rings is 1. The molecule has 2 nitrogen and oxygen atoms in total. The second kappa shape index (κ2) is 5.31. The van der Waals surface area contributed by atoms with Crippen LogP contribution in [0.25, 0.3) is 0 Å². The average Bonchev–Trinajstić information content (AvgIpc) is 2.74. The molecule has 0 atom stereocenters. The predicted molar refractivity (Wildman–Crippen MR) is 65.1 cm³/mol. The summed E-state index contributed by atoms with van der Waals surface area (Å²) in [6.07, 6.45) is 6.94. The summed E-state index contributed by atoms with van der Waals surface area (Å²) in [5.41, 5.74) is 1.05. The minimum atomic E-state index is 0.337. The van der Waals surface area contributed by atoms with Gasteiger partial charge in [0.25, 0.3) is 0 Å². The molecule has 0 aliphatic heterocycles. The summed E-state index contributed by atoms with van der Waals surface area (Å²) in [4.78, 5) is 5.41. The van der Waals surface area contributed by atoms with Crippen molar-refractivity contribution >= 4 is 22.1 Å². The Balaban J connectivity index is 1.90. The standard InChI is InChI=1S/C12H14BrNO/c13-12-8-4-1-5-10(12)9-14-15-11-6-2-3-7-11/h1,4-5,8-9,11H,2-3,6-7H2. The van der Waals surface area contributed by atoms with Crippen LogP contribution in [0, 0.1) is 0 Å². The van der Waals surface area contributed by atoms with Crippen molar-refractivity contribution in [1.82, 2.24) is 0 Å². The highest BCUT2D eigenvalue weighted by atomic mass is 79.9. The van der Waals surface area contributed by atoms with Gasteiger partial charge < -0.3 is 4.84 Å². The van der Waals surface area contributed by atoms with E-state index >= 15 is 0 Å². The Labute approximate surface area is 98.4 Å². The van der Waals surface area contributed by atoms with Crippen molar-refractivity contribution in [2.24, 2.45) is 5.16 Å². The summed E-state index contributed by atoms with van der Waals surface area (Å²) >= 11 is 3.46. The number of halogens is 1. The largest absolute Gasteiger partial charge is 0.393 e. The molecule has 1 aliphatic carbocycles.